The van der Waals surface area contributed by atoms with Crippen LogP contribution in [0.4, 0.5) is 0 Å². The Morgan fingerprint density at radius 2 is 2.05 bits per heavy atom. The minimum absolute atomic E-state index is 0.239. The van der Waals surface area contributed by atoms with Gasteiger partial charge in [0.15, 0.2) is 0 Å². The summed E-state index contributed by atoms with van der Waals surface area (Å²) in [5.74, 6) is 0. The van der Waals surface area contributed by atoms with E-state index in [0.29, 0.717) is 0 Å². The predicted molar refractivity (Wildman–Crippen MR) is 81.1 cm³/mol. The van der Waals surface area contributed by atoms with Crippen LogP contribution in [-0.4, -0.2) is 6.61 Å². The Morgan fingerprint density at radius 3 is 2.74 bits per heavy atom. The molecule has 1 aliphatic carbocycles. The van der Waals surface area contributed by atoms with Gasteiger partial charge in [-0.3, -0.25) is 0 Å². The van der Waals surface area contributed by atoms with E-state index in [0.717, 1.165) is 32.3 Å². The molecule has 1 atom stereocenters. The molecule has 1 aromatic carbocycles. The summed E-state index contributed by atoms with van der Waals surface area (Å²) < 4.78 is 6.08. The van der Waals surface area contributed by atoms with Gasteiger partial charge in [0, 0.05) is 6.61 Å². The zero-order valence-corrected chi connectivity index (χ0v) is 11.8. The lowest BCUT2D eigenvalue weighted by molar-refractivity contribution is 0.0451. The minimum Gasteiger partial charge on any atom is -0.374 e. The van der Waals surface area contributed by atoms with Crippen molar-refractivity contribution in [2.24, 2.45) is 0 Å². The third-order valence-electron chi connectivity index (χ3n) is 3.53. The van der Waals surface area contributed by atoms with Crippen molar-refractivity contribution < 1.29 is 4.74 Å². The average Bonchev–Trinajstić information content (AvgIpc) is 2.97. The van der Waals surface area contributed by atoms with Crippen LogP contribution >= 0.6 is 0 Å². The Kier molecular flexibility index (Phi) is 5.90. The summed E-state index contributed by atoms with van der Waals surface area (Å²) >= 11 is 0. The van der Waals surface area contributed by atoms with E-state index >= 15 is 0 Å². The number of ether oxygens (including phenoxy) is 1. The summed E-state index contributed by atoms with van der Waals surface area (Å²) in [6.07, 6.45) is 12.6. The molecule has 1 heteroatoms. The highest BCUT2D eigenvalue weighted by molar-refractivity contribution is 5.26. The molecule has 0 radical (unpaired) electrons. The summed E-state index contributed by atoms with van der Waals surface area (Å²) in [7, 11) is 0. The van der Waals surface area contributed by atoms with Gasteiger partial charge in [0.2, 0.25) is 0 Å². The first-order chi connectivity index (χ1) is 9.40. The number of unbranched alkanes of at least 4 members (excludes halogenated alkanes) is 1. The zero-order valence-electron chi connectivity index (χ0n) is 11.8. The zero-order chi connectivity index (χ0) is 13.3. The van der Waals surface area contributed by atoms with E-state index in [1.165, 1.54) is 17.6 Å². The number of hydrogen-bond donors (Lipinski definition) is 0. The second-order valence-electron chi connectivity index (χ2n) is 5.08. The van der Waals surface area contributed by atoms with E-state index in [1.807, 2.05) is 0 Å². The van der Waals surface area contributed by atoms with Crippen LogP contribution in [0.1, 0.15) is 50.7 Å². The lowest BCUT2D eigenvalue weighted by Crippen LogP contribution is -2.06. The van der Waals surface area contributed by atoms with Gasteiger partial charge in [0.25, 0.3) is 0 Å². The van der Waals surface area contributed by atoms with Crippen LogP contribution in [0, 0.1) is 0 Å². The molecule has 2 rings (SSSR count). The highest BCUT2D eigenvalue weighted by atomic mass is 16.5. The molecule has 1 unspecified atom stereocenters. The monoisotopic (exact) mass is 256 g/mol. The van der Waals surface area contributed by atoms with Crippen LogP contribution < -0.4 is 0 Å². The van der Waals surface area contributed by atoms with Gasteiger partial charge in [-0.1, -0.05) is 67.5 Å². The fraction of sp³-hybridized carbons (Fsp3) is 0.444. The van der Waals surface area contributed by atoms with Crippen molar-refractivity contribution in [1.29, 1.82) is 0 Å². The van der Waals surface area contributed by atoms with Crippen molar-refractivity contribution in [2.45, 2.75) is 45.1 Å². The largest absolute Gasteiger partial charge is 0.374 e. The molecule has 0 bridgehead atoms. The molecule has 0 spiro atoms. The second-order valence-corrected chi connectivity index (χ2v) is 5.08. The van der Waals surface area contributed by atoms with Gasteiger partial charge < -0.3 is 4.74 Å². The van der Waals surface area contributed by atoms with Gasteiger partial charge in [-0.2, -0.15) is 0 Å². The van der Waals surface area contributed by atoms with Gasteiger partial charge in [-0.05, 0) is 31.2 Å². The number of hydrogen-bond acceptors (Lipinski definition) is 1. The topological polar surface area (TPSA) is 9.23 Å². The molecule has 0 saturated heterocycles. The van der Waals surface area contributed by atoms with Crippen LogP contribution in [0.2, 0.25) is 0 Å². The molecule has 0 heterocycles. The maximum atomic E-state index is 6.08. The van der Waals surface area contributed by atoms with Gasteiger partial charge >= 0.3 is 0 Å². The van der Waals surface area contributed by atoms with Gasteiger partial charge in [0.1, 0.15) is 0 Å². The van der Waals surface area contributed by atoms with Crippen molar-refractivity contribution >= 4 is 0 Å². The summed E-state index contributed by atoms with van der Waals surface area (Å²) in [5.41, 5.74) is 2.77. The Hall–Kier alpha value is -1.34. The molecule has 0 aliphatic heterocycles. The highest BCUT2D eigenvalue weighted by Crippen LogP contribution is 2.26. The van der Waals surface area contributed by atoms with E-state index in [-0.39, 0.29) is 6.10 Å². The molecule has 0 N–H and O–H groups in total. The average molecular weight is 256 g/mol. The fourth-order valence-corrected chi connectivity index (χ4v) is 2.37. The maximum Gasteiger partial charge on any atom is 0.0828 e. The molecule has 1 aliphatic rings. The van der Waals surface area contributed by atoms with Crippen molar-refractivity contribution in [1.82, 2.24) is 0 Å². The lowest BCUT2D eigenvalue weighted by atomic mass is 10.0. The Labute approximate surface area is 117 Å². The smallest absolute Gasteiger partial charge is 0.0828 e. The molecule has 0 amide bonds. The molecule has 19 heavy (non-hydrogen) atoms. The lowest BCUT2D eigenvalue weighted by Gasteiger charge is -2.18. The van der Waals surface area contributed by atoms with Gasteiger partial charge in [-0.25, -0.2) is 0 Å². The predicted octanol–water partition coefficient (Wildman–Crippen LogP) is 5.21. The van der Waals surface area contributed by atoms with Crippen LogP contribution in [-0.2, 0) is 4.74 Å². The summed E-state index contributed by atoms with van der Waals surface area (Å²) in [6, 6.07) is 10.6. The van der Waals surface area contributed by atoms with Gasteiger partial charge in [-0.15, -0.1) is 0 Å². The standard InChI is InChI=1S/C18H24O/c1-2-3-15-19-18(17-11-5-4-6-12-17)14-13-16-9-7-8-10-16/h4-7,9-12,18H,2-3,8,13-15H2,1H3. The fourth-order valence-electron chi connectivity index (χ4n) is 2.37. The second kappa shape index (κ2) is 7.96. The van der Waals surface area contributed by atoms with E-state index in [4.69, 9.17) is 4.74 Å². The van der Waals surface area contributed by atoms with E-state index in [1.54, 1.807) is 0 Å². The molecule has 1 nitrogen and oxygen atoms in total. The van der Waals surface area contributed by atoms with Crippen molar-refractivity contribution in [3.63, 3.8) is 0 Å². The molecule has 102 valence electrons. The Morgan fingerprint density at radius 1 is 1.21 bits per heavy atom. The van der Waals surface area contributed by atoms with E-state index in [2.05, 4.69) is 55.5 Å². The quantitative estimate of drug-likeness (QED) is 0.580. The summed E-state index contributed by atoms with van der Waals surface area (Å²) in [4.78, 5) is 0. The minimum atomic E-state index is 0.239. The maximum absolute atomic E-state index is 6.08. The third-order valence-corrected chi connectivity index (χ3v) is 3.53. The summed E-state index contributed by atoms with van der Waals surface area (Å²) in [6.45, 7) is 3.07. The molecular weight excluding hydrogens is 232 g/mol. The van der Waals surface area contributed by atoms with Crippen molar-refractivity contribution in [3.05, 3.63) is 59.7 Å². The normalized spacial score (nSPS) is 15.5. The Bertz CT molecular complexity index is 417. The van der Waals surface area contributed by atoms with Crippen LogP contribution in [0.5, 0.6) is 0 Å². The van der Waals surface area contributed by atoms with Crippen molar-refractivity contribution in [2.75, 3.05) is 6.61 Å². The first kappa shape index (κ1) is 14.1. The molecular formula is C18H24O. The molecule has 0 fully saturated rings. The summed E-state index contributed by atoms with van der Waals surface area (Å²) in [5, 5.41) is 0. The number of benzene rings is 1. The van der Waals surface area contributed by atoms with Crippen LogP contribution in [0.25, 0.3) is 0 Å². The molecule has 0 saturated carbocycles. The third kappa shape index (κ3) is 4.68. The molecule has 1 aromatic rings. The van der Waals surface area contributed by atoms with Crippen LogP contribution in [0.3, 0.4) is 0 Å². The number of allylic oxidation sites excluding steroid dienone is 4. The molecule has 0 aromatic heterocycles. The number of rotatable bonds is 8. The highest BCUT2D eigenvalue weighted by Gasteiger charge is 2.12. The van der Waals surface area contributed by atoms with E-state index < -0.39 is 0 Å². The van der Waals surface area contributed by atoms with Gasteiger partial charge in [0.05, 0.1) is 6.10 Å². The first-order valence-corrected chi connectivity index (χ1v) is 7.42. The SMILES string of the molecule is CCCCOC(CCC1=CCC=C1)c1ccccc1. The van der Waals surface area contributed by atoms with Crippen molar-refractivity contribution in [3.8, 4) is 0 Å². The first-order valence-electron chi connectivity index (χ1n) is 7.42. The Balaban J connectivity index is 1.91. The van der Waals surface area contributed by atoms with Crippen LogP contribution in [0.15, 0.2) is 54.1 Å². The van der Waals surface area contributed by atoms with E-state index in [9.17, 15) is 0 Å².